The molecule has 0 unspecified atom stereocenters. The molecule has 0 spiro atoms. The minimum atomic E-state index is -1.11. The highest BCUT2D eigenvalue weighted by Crippen LogP contribution is 2.36. The number of furan rings is 1. The Morgan fingerprint density at radius 1 is 1.03 bits per heavy atom. The largest absolute Gasteiger partial charge is 0.475 e. The summed E-state index contributed by atoms with van der Waals surface area (Å²) in [5, 5.41) is 10.6. The van der Waals surface area contributed by atoms with Gasteiger partial charge in [0.1, 0.15) is 5.58 Å². The van der Waals surface area contributed by atoms with E-state index in [1.54, 1.807) is 29.2 Å². The third-order valence-electron chi connectivity index (χ3n) is 5.13. The predicted octanol–water partition coefficient (Wildman–Crippen LogP) is 5.55. The minimum Gasteiger partial charge on any atom is -0.475 e. The van der Waals surface area contributed by atoms with Gasteiger partial charge in [0.2, 0.25) is 5.76 Å². The van der Waals surface area contributed by atoms with E-state index in [1.165, 1.54) is 6.07 Å². The molecule has 1 saturated heterocycles. The van der Waals surface area contributed by atoms with Crippen LogP contribution >= 0.6 is 39.1 Å². The normalized spacial score (nSPS) is 14.8. The molecule has 30 heavy (non-hydrogen) atoms. The summed E-state index contributed by atoms with van der Waals surface area (Å²) in [5.74, 6) is -1.39. The number of nitrogens with zero attached hydrogens (tertiary/aromatic N) is 2. The van der Waals surface area contributed by atoms with Crippen LogP contribution in [-0.4, -0.2) is 48.1 Å². The second-order valence-electron chi connectivity index (χ2n) is 6.96. The van der Waals surface area contributed by atoms with Crippen molar-refractivity contribution >= 4 is 67.7 Å². The van der Waals surface area contributed by atoms with Gasteiger partial charge in [-0.25, -0.2) is 4.79 Å². The lowest BCUT2D eigenvalue weighted by molar-refractivity contribution is 0.0664. The number of benzene rings is 2. The molecule has 1 fully saturated rings. The van der Waals surface area contributed by atoms with Crippen molar-refractivity contribution in [2.24, 2.45) is 0 Å². The molecule has 2 aromatic carbocycles. The van der Waals surface area contributed by atoms with Crippen LogP contribution < -0.4 is 4.90 Å². The highest BCUT2D eigenvalue weighted by atomic mass is 79.9. The second-order valence-corrected chi connectivity index (χ2v) is 8.56. The number of rotatable bonds is 3. The molecule has 0 aliphatic carbocycles. The van der Waals surface area contributed by atoms with E-state index < -0.39 is 5.97 Å². The van der Waals surface area contributed by atoms with Crippen molar-refractivity contribution in [3.8, 4) is 0 Å². The lowest BCUT2D eigenvalue weighted by atomic mass is 10.2. The van der Waals surface area contributed by atoms with E-state index in [0.29, 0.717) is 46.2 Å². The van der Waals surface area contributed by atoms with Gasteiger partial charge in [-0.05, 0) is 46.6 Å². The van der Waals surface area contributed by atoms with Crippen molar-refractivity contribution in [3.63, 3.8) is 0 Å². The number of carbonyl (C=O) groups excluding carboxylic acids is 1. The summed E-state index contributed by atoms with van der Waals surface area (Å²) in [6, 6.07) is 10.2. The summed E-state index contributed by atoms with van der Waals surface area (Å²) in [6.45, 7) is 2.46. The Morgan fingerprint density at radius 3 is 2.47 bits per heavy atom. The number of aromatic carboxylic acids is 1. The van der Waals surface area contributed by atoms with Crippen LogP contribution in [0.5, 0.6) is 0 Å². The fourth-order valence-electron chi connectivity index (χ4n) is 3.64. The zero-order chi connectivity index (χ0) is 21.4. The van der Waals surface area contributed by atoms with Crippen LogP contribution in [-0.2, 0) is 0 Å². The van der Waals surface area contributed by atoms with Crippen molar-refractivity contribution in [2.45, 2.75) is 6.42 Å². The van der Waals surface area contributed by atoms with Gasteiger partial charge in [-0.15, -0.1) is 0 Å². The van der Waals surface area contributed by atoms with Gasteiger partial charge in [-0.3, -0.25) is 4.79 Å². The van der Waals surface area contributed by atoms with Gasteiger partial charge in [0.15, 0.2) is 0 Å². The van der Waals surface area contributed by atoms with Gasteiger partial charge in [0.05, 0.1) is 25.8 Å². The van der Waals surface area contributed by atoms with Gasteiger partial charge < -0.3 is 19.3 Å². The molecule has 2 heterocycles. The van der Waals surface area contributed by atoms with E-state index in [4.69, 9.17) is 27.6 Å². The van der Waals surface area contributed by atoms with Gasteiger partial charge in [-0.2, -0.15) is 0 Å². The first-order valence-electron chi connectivity index (χ1n) is 9.30. The van der Waals surface area contributed by atoms with Crippen LogP contribution in [0.1, 0.15) is 27.3 Å². The molecular weight excluding hydrogens is 495 g/mol. The van der Waals surface area contributed by atoms with Crippen molar-refractivity contribution in [1.82, 2.24) is 4.90 Å². The number of carbonyl (C=O) groups is 2. The van der Waals surface area contributed by atoms with Crippen molar-refractivity contribution in [2.75, 3.05) is 31.1 Å². The Hall–Kier alpha value is -2.22. The van der Waals surface area contributed by atoms with E-state index in [2.05, 4.69) is 20.8 Å². The molecule has 1 amide bonds. The third kappa shape index (κ3) is 3.89. The summed E-state index contributed by atoms with van der Waals surface area (Å²) in [4.78, 5) is 28.1. The molecule has 6 nitrogen and oxygen atoms in total. The second kappa shape index (κ2) is 8.49. The SMILES string of the molecule is O=C(O)c1cc2c(Br)c(N3CCCN(C(=O)c4c(Cl)cccc4Cl)CC3)ccc2o1. The monoisotopic (exact) mass is 510 g/mol. The van der Waals surface area contributed by atoms with Gasteiger partial charge in [-0.1, -0.05) is 29.3 Å². The number of carboxylic acids is 1. The first-order valence-corrected chi connectivity index (χ1v) is 10.9. The van der Waals surface area contributed by atoms with Crippen LogP contribution in [0.4, 0.5) is 5.69 Å². The highest BCUT2D eigenvalue weighted by Gasteiger charge is 2.25. The number of fused-ring (bicyclic) bond motifs is 1. The van der Waals surface area contributed by atoms with E-state index in [-0.39, 0.29) is 11.7 Å². The topological polar surface area (TPSA) is 74.0 Å². The van der Waals surface area contributed by atoms with Gasteiger partial charge >= 0.3 is 5.97 Å². The van der Waals surface area contributed by atoms with Crippen LogP contribution in [0, 0.1) is 0 Å². The minimum absolute atomic E-state index is 0.105. The van der Waals surface area contributed by atoms with Crippen LogP contribution in [0.15, 0.2) is 45.3 Å². The molecule has 0 saturated carbocycles. The summed E-state index contributed by atoms with van der Waals surface area (Å²) >= 11 is 16.0. The highest BCUT2D eigenvalue weighted by molar-refractivity contribution is 9.10. The molecule has 0 bridgehead atoms. The average molecular weight is 512 g/mol. The molecular formula is C21H17BrCl2N2O4. The molecule has 9 heteroatoms. The maximum absolute atomic E-state index is 13.0. The summed E-state index contributed by atoms with van der Waals surface area (Å²) < 4.78 is 6.14. The Kier molecular flexibility index (Phi) is 5.95. The zero-order valence-corrected chi connectivity index (χ0v) is 18.8. The third-order valence-corrected chi connectivity index (χ3v) is 6.59. The van der Waals surface area contributed by atoms with Crippen molar-refractivity contribution < 1.29 is 19.1 Å². The van der Waals surface area contributed by atoms with E-state index in [9.17, 15) is 14.7 Å². The number of halogens is 3. The van der Waals surface area contributed by atoms with E-state index in [0.717, 1.165) is 23.1 Å². The first-order chi connectivity index (χ1) is 14.4. The number of hydrogen-bond acceptors (Lipinski definition) is 4. The Labute approximate surface area is 191 Å². The van der Waals surface area contributed by atoms with Crippen LogP contribution in [0.2, 0.25) is 10.0 Å². The molecule has 0 radical (unpaired) electrons. The van der Waals surface area contributed by atoms with Crippen molar-refractivity contribution in [1.29, 1.82) is 0 Å². The molecule has 4 rings (SSSR count). The maximum Gasteiger partial charge on any atom is 0.371 e. The summed E-state index contributed by atoms with van der Waals surface area (Å²) in [7, 11) is 0. The average Bonchev–Trinajstić information content (AvgIpc) is 3.01. The quantitative estimate of drug-likeness (QED) is 0.498. The molecule has 3 aromatic rings. The molecule has 1 aliphatic heterocycles. The molecule has 1 aromatic heterocycles. The fourth-order valence-corrected chi connectivity index (χ4v) is 4.89. The first kappa shape index (κ1) is 21.0. The zero-order valence-electron chi connectivity index (χ0n) is 15.7. The Bertz CT molecular complexity index is 1130. The Morgan fingerprint density at radius 2 is 1.77 bits per heavy atom. The number of anilines is 1. The van der Waals surface area contributed by atoms with Gasteiger partial charge in [0, 0.05) is 37.6 Å². The lowest BCUT2D eigenvalue weighted by Gasteiger charge is -2.25. The molecule has 156 valence electrons. The number of hydrogen-bond donors (Lipinski definition) is 1. The summed E-state index contributed by atoms with van der Waals surface area (Å²) in [6.07, 6.45) is 0.768. The molecule has 1 N–H and O–H groups in total. The Balaban J connectivity index is 1.57. The van der Waals surface area contributed by atoms with Crippen LogP contribution in [0.25, 0.3) is 11.0 Å². The number of carboxylic acid groups (broad SMARTS) is 1. The summed E-state index contributed by atoms with van der Waals surface area (Å²) in [5.41, 5.74) is 1.75. The lowest BCUT2D eigenvalue weighted by Crippen LogP contribution is -2.35. The van der Waals surface area contributed by atoms with E-state index >= 15 is 0 Å². The van der Waals surface area contributed by atoms with Crippen molar-refractivity contribution in [3.05, 3.63) is 62.2 Å². The number of amides is 1. The van der Waals surface area contributed by atoms with E-state index in [1.807, 2.05) is 6.07 Å². The standard InChI is InChI=1S/C21H17BrCl2N2O4/c22-19-12-11-17(21(28)29)30-16(12)6-5-15(19)25-7-2-8-26(10-9-25)20(27)18-13(23)3-1-4-14(18)24/h1,3-6,11H,2,7-10H2,(H,28,29). The smallest absolute Gasteiger partial charge is 0.371 e. The maximum atomic E-state index is 13.0. The fraction of sp³-hybridized carbons (Fsp3) is 0.238. The molecule has 1 aliphatic rings. The molecule has 0 atom stereocenters. The predicted molar refractivity (Wildman–Crippen MR) is 120 cm³/mol. The van der Waals surface area contributed by atoms with Gasteiger partial charge in [0.25, 0.3) is 5.91 Å². The van der Waals surface area contributed by atoms with Crippen LogP contribution in [0.3, 0.4) is 0 Å².